The predicted molar refractivity (Wildman–Crippen MR) is 104 cm³/mol. The summed E-state index contributed by atoms with van der Waals surface area (Å²) in [4.78, 5) is 22.8. The van der Waals surface area contributed by atoms with Gasteiger partial charge in [0, 0.05) is 32.2 Å². The molecular weight excluding hydrogens is 418 g/mol. The minimum atomic E-state index is -0.125. The van der Waals surface area contributed by atoms with Crippen molar-refractivity contribution in [1.29, 1.82) is 0 Å². The fourth-order valence-electron chi connectivity index (χ4n) is 3.29. The van der Waals surface area contributed by atoms with Gasteiger partial charge in [-0.2, -0.15) is 4.98 Å². The Balaban J connectivity index is 0.00000261. The highest BCUT2D eigenvalue weighted by Gasteiger charge is 2.27. The number of aliphatic imine (C=N–C) groups is 1. The maximum Gasteiger partial charge on any atom is 0.308 e. The lowest BCUT2D eigenvalue weighted by molar-refractivity contribution is -0.146. The molecule has 9 nitrogen and oxygen atoms in total. The number of ether oxygens (including phenoxy) is 2. The van der Waals surface area contributed by atoms with Gasteiger partial charge in [-0.15, -0.1) is 17.0 Å². The van der Waals surface area contributed by atoms with Gasteiger partial charge < -0.3 is 24.2 Å². The van der Waals surface area contributed by atoms with Crippen LogP contribution in [-0.4, -0.2) is 66.9 Å². The van der Waals surface area contributed by atoms with E-state index in [2.05, 4.69) is 25.3 Å². The molecule has 10 heteroatoms. The van der Waals surface area contributed by atoms with Crippen molar-refractivity contribution < 1.29 is 18.8 Å². The van der Waals surface area contributed by atoms with E-state index >= 15 is 0 Å². The van der Waals surface area contributed by atoms with E-state index in [1.165, 1.54) is 7.11 Å². The molecule has 2 aliphatic heterocycles. The van der Waals surface area contributed by atoms with Crippen LogP contribution in [0.2, 0.25) is 0 Å². The molecule has 1 atom stereocenters. The SMILES string of the molecule is Br.COC(=O)C1CCN(C(=NCc2nc(C)no2)NCC2CCOC2)CC1. The van der Waals surface area contributed by atoms with Crippen LogP contribution in [-0.2, 0) is 20.8 Å². The van der Waals surface area contributed by atoms with Crippen molar-refractivity contribution in [3.63, 3.8) is 0 Å². The molecule has 27 heavy (non-hydrogen) atoms. The first kappa shape index (κ1) is 21.6. The predicted octanol–water partition coefficient (Wildman–Crippen LogP) is 1.32. The Labute approximate surface area is 169 Å². The number of hydrogen-bond donors (Lipinski definition) is 1. The number of esters is 1. The molecule has 2 aliphatic rings. The van der Waals surface area contributed by atoms with Crippen molar-refractivity contribution in [2.45, 2.75) is 32.7 Å². The third-order valence-corrected chi connectivity index (χ3v) is 4.84. The molecule has 3 rings (SSSR count). The first-order valence-electron chi connectivity index (χ1n) is 9.13. The van der Waals surface area contributed by atoms with E-state index in [4.69, 9.17) is 14.0 Å². The molecule has 1 N–H and O–H groups in total. The molecular formula is C17H28BrN5O4. The Bertz CT molecular complexity index is 625. The second kappa shape index (κ2) is 10.6. The molecule has 0 bridgehead atoms. The van der Waals surface area contributed by atoms with Crippen molar-refractivity contribution in [2.75, 3.05) is 40.0 Å². The Morgan fingerprint density at radius 2 is 2.15 bits per heavy atom. The van der Waals surface area contributed by atoms with Gasteiger partial charge in [-0.3, -0.25) is 4.79 Å². The summed E-state index contributed by atoms with van der Waals surface area (Å²) >= 11 is 0. The van der Waals surface area contributed by atoms with E-state index in [-0.39, 0.29) is 28.9 Å². The minimum absolute atomic E-state index is 0. The van der Waals surface area contributed by atoms with Crippen molar-refractivity contribution in [3.8, 4) is 0 Å². The molecule has 0 radical (unpaired) electrons. The highest BCUT2D eigenvalue weighted by Crippen LogP contribution is 2.19. The largest absolute Gasteiger partial charge is 0.469 e. The van der Waals surface area contributed by atoms with Gasteiger partial charge in [0.25, 0.3) is 0 Å². The first-order chi connectivity index (χ1) is 12.7. The number of carbonyl (C=O) groups excluding carboxylic acids is 1. The van der Waals surface area contributed by atoms with E-state index in [1.807, 2.05) is 0 Å². The summed E-state index contributed by atoms with van der Waals surface area (Å²) in [5.41, 5.74) is 0. The summed E-state index contributed by atoms with van der Waals surface area (Å²) in [5, 5.41) is 7.25. The summed E-state index contributed by atoms with van der Waals surface area (Å²) in [6.45, 7) is 6.07. The fourth-order valence-corrected chi connectivity index (χ4v) is 3.29. The molecule has 0 aromatic carbocycles. The van der Waals surface area contributed by atoms with Gasteiger partial charge in [0.1, 0.15) is 6.54 Å². The third kappa shape index (κ3) is 6.17. The second-order valence-electron chi connectivity index (χ2n) is 6.77. The molecule has 0 saturated carbocycles. The van der Waals surface area contributed by atoms with E-state index in [0.29, 0.717) is 24.2 Å². The zero-order valence-corrected chi connectivity index (χ0v) is 17.6. The highest BCUT2D eigenvalue weighted by atomic mass is 79.9. The van der Waals surface area contributed by atoms with Crippen LogP contribution in [0, 0.1) is 18.8 Å². The molecule has 0 spiro atoms. The zero-order valence-electron chi connectivity index (χ0n) is 15.8. The number of nitrogens with zero attached hydrogens (tertiary/aromatic N) is 4. The number of likely N-dealkylation sites (tertiary alicyclic amines) is 1. The number of methoxy groups -OCH3 is 1. The van der Waals surface area contributed by atoms with Crippen molar-refractivity contribution in [2.24, 2.45) is 16.8 Å². The number of aromatic nitrogens is 2. The minimum Gasteiger partial charge on any atom is -0.469 e. The van der Waals surface area contributed by atoms with Gasteiger partial charge in [0.2, 0.25) is 5.89 Å². The molecule has 1 unspecified atom stereocenters. The van der Waals surface area contributed by atoms with Gasteiger partial charge in [-0.25, -0.2) is 4.99 Å². The summed E-state index contributed by atoms with van der Waals surface area (Å²) in [5.74, 6) is 2.26. The number of rotatable bonds is 5. The molecule has 1 aromatic heterocycles. The second-order valence-corrected chi connectivity index (χ2v) is 6.77. The number of nitrogens with one attached hydrogen (secondary N) is 1. The zero-order chi connectivity index (χ0) is 18.4. The number of piperidine rings is 1. The monoisotopic (exact) mass is 445 g/mol. The average Bonchev–Trinajstić information content (AvgIpc) is 3.33. The maximum absolute atomic E-state index is 11.7. The number of carbonyl (C=O) groups is 1. The van der Waals surface area contributed by atoms with Crippen LogP contribution in [0.5, 0.6) is 0 Å². The Hall–Kier alpha value is -1.68. The summed E-state index contributed by atoms with van der Waals surface area (Å²) in [7, 11) is 1.44. The van der Waals surface area contributed by atoms with Gasteiger partial charge in [0.05, 0.1) is 19.6 Å². The summed E-state index contributed by atoms with van der Waals surface area (Å²) in [6.07, 6.45) is 2.59. The van der Waals surface area contributed by atoms with Crippen LogP contribution in [0.25, 0.3) is 0 Å². The quantitative estimate of drug-likeness (QED) is 0.411. The van der Waals surface area contributed by atoms with E-state index in [1.54, 1.807) is 6.92 Å². The number of hydrogen-bond acceptors (Lipinski definition) is 7. The third-order valence-electron chi connectivity index (χ3n) is 4.84. The Kier molecular flexibility index (Phi) is 8.49. The van der Waals surface area contributed by atoms with Crippen molar-refractivity contribution in [3.05, 3.63) is 11.7 Å². The standard InChI is InChI=1S/C17H27N5O4.BrH/c1-12-20-15(26-21-12)10-19-17(18-9-13-5-8-25-11-13)22-6-3-14(4-7-22)16(23)24-2;/h13-14H,3-11H2,1-2H3,(H,18,19);1H. The van der Waals surface area contributed by atoms with E-state index < -0.39 is 0 Å². The first-order valence-corrected chi connectivity index (χ1v) is 9.13. The molecule has 0 amide bonds. The van der Waals surface area contributed by atoms with Crippen LogP contribution in [0.3, 0.4) is 0 Å². The van der Waals surface area contributed by atoms with Gasteiger partial charge in [-0.05, 0) is 26.2 Å². The van der Waals surface area contributed by atoms with Crippen LogP contribution < -0.4 is 5.32 Å². The van der Waals surface area contributed by atoms with Gasteiger partial charge >= 0.3 is 5.97 Å². The van der Waals surface area contributed by atoms with Crippen LogP contribution in [0.4, 0.5) is 0 Å². The molecule has 2 fully saturated rings. The number of halogens is 1. The average molecular weight is 446 g/mol. The fraction of sp³-hybridized carbons (Fsp3) is 0.765. The Morgan fingerprint density at radius 3 is 2.74 bits per heavy atom. The van der Waals surface area contributed by atoms with Crippen LogP contribution >= 0.6 is 17.0 Å². The van der Waals surface area contributed by atoms with Gasteiger partial charge in [0.15, 0.2) is 11.8 Å². The van der Waals surface area contributed by atoms with E-state index in [0.717, 1.165) is 58.1 Å². The lowest BCUT2D eigenvalue weighted by Gasteiger charge is -2.33. The molecule has 0 aliphatic carbocycles. The molecule has 152 valence electrons. The molecule has 1 aromatic rings. The summed E-state index contributed by atoms with van der Waals surface area (Å²) < 4.78 is 15.5. The van der Waals surface area contributed by atoms with E-state index in [9.17, 15) is 4.79 Å². The molecule has 2 saturated heterocycles. The normalized spacial score (nSPS) is 21.0. The smallest absolute Gasteiger partial charge is 0.308 e. The lowest BCUT2D eigenvalue weighted by atomic mass is 9.97. The van der Waals surface area contributed by atoms with Crippen molar-refractivity contribution in [1.82, 2.24) is 20.4 Å². The molecule has 3 heterocycles. The van der Waals surface area contributed by atoms with Crippen LogP contribution in [0.1, 0.15) is 31.0 Å². The number of guanidine groups is 1. The van der Waals surface area contributed by atoms with Crippen LogP contribution in [0.15, 0.2) is 9.52 Å². The highest BCUT2D eigenvalue weighted by molar-refractivity contribution is 8.93. The van der Waals surface area contributed by atoms with Gasteiger partial charge in [-0.1, -0.05) is 5.16 Å². The maximum atomic E-state index is 11.7. The van der Waals surface area contributed by atoms with Crippen molar-refractivity contribution >= 4 is 28.9 Å². The topological polar surface area (TPSA) is 102 Å². The lowest BCUT2D eigenvalue weighted by Crippen LogP contribution is -2.47. The Morgan fingerprint density at radius 1 is 1.37 bits per heavy atom. The number of aryl methyl sites for hydroxylation is 1. The summed E-state index contributed by atoms with van der Waals surface area (Å²) in [6, 6.07) is 0.